The van der Waals surface area contributed by atoms with Gasteiger partial charge in [-0.3, -0.25) is 14.9 Å². The second-order valence-electron chi connectivity index (χ2n) is 4.46. The highest BCUT2D eigenvalue weighted by Gasteiger charge is 2.20. The van der Waals surface area contributed by atoms with Crippen molar-refractivity contribution in [2.24, 2.45) is 0 Å². The van der Waals surface area contributed by atoms with Crippen LogP contribution >= 0.6 is 8.38 Å². The summed E-state index contributed by atoms with van der Waals surface area (Å²) in [6, 6.07) is 0. The smallest absolute Gasteiger partial charge is 0.251 e. The number of nitrogens with one attached hydrogen (secondary N) is 1. The van der Waals surface area contributed by atoms with Gasteiger partial charge < -0.3 is 34.0 Å². The number of aliphatic hydroxyl groups is 1. The number of carbonyl (C=O) groups excluding carboxylic acids is 2. The maximum absolute atomic E-state index is 11.2. The van der Waals surface area contributed by atoms with E-state index in [9.17, 15) is 14.7 Å². The normalized spacial score (nSPS) is 14.1. The van der Waals surface area contributed by atoms with E-state index in [-0.39, 0.29) is 27.1 Å². The number of hydrogen-bond donors (Lipinski definition) is 4. The second kappa shape index (κ2) is 14.8. The summed E-state index contributed by atoms with van der Waals surface area (Å²) in [6.07, 6.45) is 2.41. The zero-order valence-corrected chi connectivity index (χ0v) is 14.6. The number of rotatable bonds is 12. The van der Waals surface area contributed by atoms with Gasteiger partial charge in [0.2, 0.25) is 14.8 Å². The Morgan fingerprint density at radius 1 is 1.28 bits per heavy atom. The van der Waals surface area contributed by atoms with Crippen LogP contribution in [0.25, 0.3) is 0 Å². The van der Waals surface area contributed by atoms with Gasteiger partial charge >= 0.3 is 0 Å². The molecule has 10 nitrogen and oxygen atoms in total. The van der Waals surface area contributed by atoms with Crippen LogP contribution in [0, 0.1) is 0 Å². The summed E-state index contributed by atoms with van der Waals surface area (Å²) in [5, 5.41) is 11.4. The fourth-order valence-corrected chi connectivity index (χ4v) is 1.81. The van der Waals surface area contributed by atoms with Gasteiger partial charge in [-0.1, -0.05) is 7.43 Å². The van der Waals surface area contributed by atoms with Crippen molar-refractivity contribution in [3.8, 4) is 0 Å². The zero-order valence-electron chi connectivity index (χ0n) is 13.7. The Morgan fingerprint density at radius 2 is 1.88 bits per heavy atom. The molecule has 0 aliphatic rings. The number of carbonyl (C=O) groups is 2. The number of ether oxygens (including phenoxy) is 3. The predicted octanol–water partition coefficient (Wildman–Crippen LogP) is 0.0406. The molecule has 0 saturated carbocycles. The van der Waals surface area contributed by atoms with Crippen LogP contribution in [0.1, 0.15) is 7.43 Å². The molecule has 0 heterocycles. The molecule has 2 atom stereocenters. The lowest BCUT2D eigenvalue weighted by atomic mass is 10.3. The highest BCUT2D eigenvalue weighted by atomic mass is 31.2. The van der Waals surface area contributed by atoms with Gasteiger partial charge in [-0.25, -0.2) is 0 Å². The number of methoxy groups -OCH3 is 2. The monoisotopic (exact) mass is 382 g/mol. The van der Waals surface area contributed by atoms with Crippen molar-refractivity contribution in [3.05, 3.63) is 23.9 Å². The molecule has 11 heteroatoms. The zero-order chi connectivity index (χ0) is 18.5. The lowest BCUT2D eigenvalue weighted by molar-refractivity contribution is -0.122. The van der Waals surface area contributed by atoms with Crippen molar-refractivity contribution in [3.63, 3.8) is 0 Å². The molecule has 0 aromatic rings. The van der Waals surface area contributed by atoms with Gasteiger partial charge in [-0.15, -0.1) is 0 Å². The van der Waals surface area contributed by atoms with E-state index >= 15 is 0 Å². The third-order valence-electron chi connectivity index (χ3n) is 2.63. The summed E-state index contributed by atoms with van der Waals surface area (Å²) >= 11 is 0. The van der Waals surface area contributed by atoms with Crippen LogP contribution < -0.4 is 5.32 Å². The third kappa shape index (κ3) is 11.6. The van der Waals surface area contributed by atoms with E-state index in [0.717, 1.165) is 12.2 Å². The molecular weight excluding hydrogens is 355 g/mol. The Labute approximate surface area is 148 Å². The van der Waals surface area contributed by atoms with E-state index in [1.54, 1.807) is 7.05 Å². The van der Waals surface area contributed by atoms with E-state index in [2.05, 4.69) is 0 Å². The van der Waals surface area contributed by atoms with Crippen LogP contribution in [0.2, 0.25) is 0 Å². The Morgan fingerprint density at radius 3 is 2.36 bits per heavy atom. The molecule has 1 unspecified atom stereocenters. The molecule has 146 valence electrons. The number of likely N-dealkylation sites (N-methyl/N-ethyl adjacent to an activating group) is 1. The summed E-state index contributed by atoms with van der Waals surface area (Å²) in [5.74, 6) is -0.606. The number of nitrogens with zero attached hydrogens (tertiary/aromatic N) is 1. The summed E-state index contributed by atoms with van der Waals surface area (Å²) < 4.78 is 15.7. The highest BCUT2D eigenvalue weighted by Crippen LogP contribution is 2.33. The minimum Gasteiger partial charge on any atom is -0.503 e. The SMILES string of the molecule is C.COCC(O[C@H](/C=C(\O)P(O)O)COC)N(C)/C=C\C(=O)NC=O. The molecule has 0 saturated heterocycles. The maximum Gasteiger partial charge on any atom is 0.251 e. The van der Waals surface area contributed by atoms with Gasteiger partial charge in [-0.05, 0) is 6.08 Å². The van der Waals surface area contributed by atoms with E-state index in [1.165, 1.54) is 25.3 Å². The predicted molar refractivity (Wildman–Crippen MR) is 92.3 cm³/mol. The van der Waals surface area contributed by atoms with E-state index in [1.807, 2.05) is 5.32 Å². The Hall–Kier alpha value is -1.55. The van der Waals surface area contributed by atoms with E-state index in [0.29, 0.717) is 0 Å². The molecule has 0 aromatic heterocycles. The summed E-state index contributed by atoms with van der Waals surface area (Å²) in [6.45, 7) is 0.147. The Kier molecular flexibility index (Phi) is 15.2. The number of imide groups is 1. The van der Waals surface area contributed by atoms with Crippen LogP contribution in [0.15, 0.2) is 23.9 Å². The number of amides is 2. The van der Waals surface area contributed by atoms with Crippen LogP contribution in [-0.4, -0.2) is 78.9 Å². The van der Waals surface area contributed by atoms with E-state index in [4.69, 9.17) is 24.0 Å². The quantitative estimate of drug-likeness (QED) is 0.121. The lowest BCUT2D eigenvalue weighted by Crippen LogP contribution is -2.38. The van der Waals surface area contributed by atoms with Crippen LogP contribution in [0.5, 0.6) is 0 Å². The van der Waals surface area contributed by atoms with Crippen molar-refractivity contribution < 1.29 is 38.7 Å². The molecule has 0 bridgehead atoms. The molecule has 0 radical (unpaired) electrons. The minimum absolute atomic E-state index is 0. The van der Waals surface area contributed by atoms with Crippen molar-refractivity contribution in [2.45, 2.75) is 19.8 Å². The van der Waals surface area contributed by atoms with Gasteiger partial charge in [0.25, 0.3) is 5.91 Å². The average Bonchev–Trinajstić information content (AvgIpc) is 2.52. The first-order chi connectivity index (χ1) is 11.3. The maximum atomic E-state index is 11.2. The summed E-state index contributed by atoms with van der Waals surface area (Å²) in [5.41, 5.74) is -0.619. The summed E-state index contributed by atoms with van der Waals surface area (Å²) in [4.78, 5) is 40.8. The third-order valence-corrected chi connectivity index (χ3v) is 3.19. The fraction of sp³-hybridized carbons (Fsp3) is 0.571. The first kappa shape index (κ1) is 25.7. The first-order valence-electron chi connectivity index (χ1n) is 6.72. The molecule has 0 aliphatic heterocycles. The molecule has 0 aliphatic carbocycles. The molecule has 4 N–H and O–H groups in total. The molecule has 0 fully saturated rings. The largest absolute Gasteiger partial charge is 0.503 e. The molecule has 0 aromatic carbocycles. The van der Waals surface area contributed by atoms with Crippen LogP contribution in [0.3, 0.4) is 0 Å². The van der Waals surface area contributed by atoms with E-state index < -0.39 is 32.1 Å². The number of hydrogen-bond acceptors (Lipinski definition) is 9. The van der Waals surface area contributed by atoms with Gasteiger partial charge in [0.1, 0.15) is 6.10 Å². The molecular formula is C14H27N2O8P. The average molecular weight is 382 g/mol. The second-order valence-corrected chi connectivity index (χ2v) is 5.50. The standard InChI is InChI=1S/C13H23N2O8P.CH4/c1-15(5-4-11(17)14-9-16)12(8-22-3)23-10(7-21-2)6-13(18)24(19)20;/h4-6,9-10,12,18-20H,7-8H2,1-3H3,(H,14,16,17);1H4/b5-4-,13-6+;/t10-,12?;/m1./s1. The van der Waals surface area contributed by atoms with Gasteiger partial charge in [0.15, 0.2) is 11.7 Å². The topological polar surface area (TPSA) is 138 Å². The summed E-state index contributed by atoms with van der Waals surface area (Å²) in [7, 11) is 1.84. The fourth-order valence-electron chi connectivity index (χ4n) is 1.51. The van der Waals surface area contributed by atoms with Gasteiger partial charge in [0, 0.05) is 33.5 Å². The van der Waals surface area contributed by atoms with Gasteiger partial charge in [-0.2, -0.15) is 0 Å². The molecule has 0 rings (SSSR count). The Bertz CT molecular complexity index is 445. The van der Waals surface area contributed by atoms with Crippen LogP contribution in [-0.2, 0) is 23.8 Å². The Balaban J connectivity index is 0. The minimum atomic E-state index is -2.64. The van der Waals surface area contributed by atoms with Crippen molar-refractivity contribution in [1.29, 1.82) is 0 Å². The van der Waals surface area contributed by atoms with Crippen molar-refractivity contribution in [1.82, 2.24) is 10.2 Å². The first-order valence-corrected chi connectivity index (χ1v) is 7.96. The van der Waals surface area contributed by atoms with Crippen molar-refractivity contribution >= 4 is 20.7 Å². The molecule has 0 spiro atoms. The number of aliphatic hydroxyl groups excluding tert-OH is 1. The lowest BCUT2D eigenvalue weighted by Gasteiger charge is -2.29. The highest BCUT2D eigenvalue weighted by molar-refractivity contribution is 7.49. The van der Waals surface area contributed by atoms with Crippen molar-refractivity contribution in [2.75, 3.05) is 34.5 Å². The molecule has 25 heavy (non-hydrogen) atoms. The van der Waals surface area contributed by atoms with Crippen LogP contribution in [0.4, 0.5) is 0 Å². The van der Waals surface area contributed by atoms with Gasteiger partial charge in [0.05, 0.1) is 13.2 Å². The molecule has 2 amide bonds.